The fourth-order valence-corrected chi connectivity index (χ4v) is 6.32. The Balaban J connectivity index is 2.41. The molecule has 1 aliphatic heterocycles. The van der Waals surface area contributed by atoms with Crippen LogP contribution in [0.5, 0.6) is 0 Å². The summed E-state index contributed by atoms with van der Waals surface area (Å²) in [6, 6.07) is 10.2. The van der Waals surface area contributed by atoms with E-state index in [4.69, 9.17) is 11.2 Å². The number of benzene rings is 1. The number of hydrogen-bond donors (Lipinski definition) is 0. The average molecular weight is 301 g/mol. The Labute approximate surface area is 120 Å². The second kappa shape index (κ2) is 5.47. The second-order valence-electron chi connectivity index (χ2n) is 5.68. The molecule has 19 heavy (non-hydrogen) atoms. The highest BCUT2D eigenvalue weighted by atomic mass is 35.7. The van der Waals surface area contributed by atoms with Crippen molar-refractivity contribution in [3.8, 4) is 0 Å². The van der Waals surface area contributed by atoms with E-state index < -0.39 is 6.80 Å². The summed E-state index contributed by atoms with van der Waals surface area (Å²) in [6.45, 7) is 6.14. The normalized spacial score (nSPS) is 28.6. The van der Waals surface area contributed by atoms with Crippen molar-refractivity contribution in [2.24, 2.45) is 5.92 Å². The molecule has 0 aromatic heterocycles. The summed E-state index contributed by atoms with van der Waals surface area (Å²) in [4.78, 5) is 0. The van der Waals surface area contributed by atoms with Gasteiger partial charge >= 0.3 is 6.80 Å². The molecule has 1 saturated heterocycles. The minimum atomic E-state index is -3.01. The van der Waals surface area contributed by atoms with Gasteiger partial charge in [0.15, 0.2) is 0 Å². The van der Waals surface area contributed by atoms with Crippen molar-refractivity contribution in [1.29, 1.82) is 0 Å². The fourth-order valence-electron chi connectivity index (χ4n) is 2.70. The largest absolute Gasteiger partial charge is 0.329 e. The van der Waals surface area contributed by atoms with Gasteiger partial charge in [-0.15, -0.1) is 0 Å². The van der Waals surface area contributed by atoms with Crippen molar-refractivity contribution in [1.82, 2.24) is 4.67 Å². The number of para-hydroxylation sites is 1. The lowest BCUT2D eigenvalue weighted by molar-refractivity contribution is 0.252. The van der Waals surface area contributed by atoms with E-state index in [1.165, 1.54) is 0 Å². The molecule has 0 spiro atoms. The van der Waals surface area contributed by atoms with Gasteiger partial charge in [0.25, 0.3) is 0 Å². The first-order valence-electron chi connectivity index (χ1n) is 6.77. The number of anilines is 1. The molecule has 0 N–H and O–H groups in total. The molecule has 1 aromatic rings. The minimum absolute atomic E-state index is 0.171. The van der Waals surface area contributed by atoms with E-state index in [0.717, 1.165) is 12.2 Å². The van der Waals surface area contributed by atoms with Crippen LogP contribution in [0.3, 0.4) is 0 Å². The molecule has 0 radical (unpaired) electrons. The average Bonchev–Trinajstić information content (AvgIpc) is 2.62. The molecule has 3 nitrogen and oxygen atoms in total. The van der Waals surface area contributed by atoms with E-state index in [9.17, 15) is 4.57 Å². The number of rotatable bonds is 3. The van der Waals surface area contributed by atoms with Gasteiger partial charge in [-0.1, -0.05) is 32.0 Å². The molecule has 1 aromatic carbocycles. The molecule has 1 aliphatic rings. The first kappa shape index (κ1) is 14.9. The van der Waals surface area contributed by atoms with Crippen LogP contribution in [0.15, 0.2) is 30.3 Å². The first-order chi connectivity index (χ1) is 8.85. The van der Waals surface area contributed by atoms with Gasteiger partial charge in [-0.2, -0.15) is 0 Å². The lowest BCUT2D eigenvalue weighted by atomic mass is 10.0. The van der Waals surface area contributed by atoms with Crippen LogP contribution < -0.4 is 4.67 Å². The van der Waals surface area contributed by atoms with Crippen LogP contribution in [0.1, 0.15) is 27.7 Å². The molecule has 0 saturated carbocycles. The summed E-state index contributed by atoms with van der Waals surface area (Å²) >= 11 is 6.48. The highest BCUT2D eigenvalue weighted by molar-refractivity contribution is 7.88. The van der Waals surface area contributed by atoms with Gasteiger partial charge < -0.3 is 0 Å². The van der Waals surface area contributed by atoms with Gasteiger partial charge in [-0.05, 0) is 43.1 Å². The summed E-state index contributed by atoms with van der Waals surface area (Å²) < 4.78 is 16.9. The van der Waals surface area contributed by atoms with Crippen molar-refractivity contribution in [2.45, 2.75) is 39.8 Å². The molecular weight excluding hydrogens is 279 g/mol. The zero-order valence-electron chi connectivity index (χ0n) is 12.0. The zero-order chi connectivity index (χ0) is 14.2. The number of halogens is 1. The summed E-state index contributed by atoms with van der Waals surface area (Å²) in [5.41, 5.74) is 0.939. The standard InChI is InChI=1S/C14H22ClN2OP/c1-11(2)14-10-16(13-8-6-5-7-9-13)19(15,18)17(14)12(3)4/h5-9,11-12,14H,10H2,1-4H3/t14-,19-/m1/s1. The van der Waals surface area contributed by atoms with Crippen LogP contribution in [0, 0.1) is 5.92 Å². The molecule has 0 bridgehead atoms. The van der Waals surface area contributed by atoms with E-state index in [-0.39, 0.29) is 12.1 Å². The summed E-state index contributed by atoms with van der Waals surface area (Å²) in [5, 5.41) is 0. The monoisotopic (exact) mass is 300 g/mol. The van der Waals surface area contributed by atoms with Crippen molar-refractivity contribution < 1.29 is 4.57 Å². The molecule has 0 aliphatic carbocycles. The summed E-state index contributed by atoms with van der Waals surface area (Å²) in [6.07, 6.45) is 0. The van der Waals surface area contributed by atoms with Gasteiger partial charge in [-0.25, -0.2) is 4.67 Å². The van der Waals surface area contributed by atoms with E-state index in [2.05, 4.69) is 27.7 Å². The highest BCUT2D eigenvalue weighted by Gasteiger charge is 2.49. The molecular formula is C14H22ClN2OP. The maximum absolute atomic E-state index is 13.1. The van der Waals surface area contributed by atoms with Gasteiger partial charge in [0.2, 0.25) is 0 Å². The van der Waals surface area contributed by atoms with Crippen molar-refractivity contribution in [3.63, 3.8) is 0 Å². The van der Waals surface area contributed by atoms with Crippen LogP contribution in [0.4, 0.5) is 5.69 Å². The Morgan fingerprint density at radius 2 is 1.79 bits per heavy atom. The SMILES string of the molecule is CC(C)[C@H]1CN(c2ccccc2)[P@](=O)(Cl)N1C(C)C. The third-order valence-corrected chi connectivity index (χ3v) is 7.02. The maximum atomic E-state index is 13.1. The molecule has 5 heteroatoms. The molecule has 106 valence electrons. The minimum Gasteiger partial charge on any atom is -0.298 e. The van der Waals surface area contributed by atoms with Gasteiger partial charge in [0, 0.05) is 24.3 Å². The van der Waals surface area contributed by atoms with Crippen molar-refractivity contribution in [2.75, 3.05) is 11.2 Å². The summed E-state index contributed by atoms with van der Waals surface area (Å²) in [7, 11) is 0. The molecule has 1 fully saturated rings. The van der Waals surface area contributed by atoms with E-state index >= 15 is 0 Å². The van der Waals surface area contributed by atoms with Crippen LogP contribution >= 0.6 is 18.0 Å². The second-order valence-corrected chi connectivity index (χ2v) is 8.89. The Kier molecular flexibility index (Phi) is 4.29. The van der Waals surface area contributed by atoms with Crippen LogP contribution in [-0.2, 0) is 4.57 Å². The molecule has 2 rings (SSSR count). The Bertz CT molecular complexity index is 478. The predicted molar refractivity (Wildman–Crippen MR) is 82.8 cm³/mol. The van der Waals surface area contributed by atoms with E-state index in [1.807, 2.05) is 39.7 Å². The van der Waals surface area contributed by atoms with Crippen molar-refractivity contribution >= 4 is 23.7 Å². The molecule has 1 heterocycles. The lowest BCUT2D eigenvalue weighted by Gasteiger charge is -2.31. The third kappa shape index (κ3) is 2.69. The van der Waals surface area contributed by atoms with E-state index in [0.29, 0.717) is 5.92 Å². The third-order valence-electron chi connectivity index (χ3n) is 3.64. The van der Waals surface area contributed by atoms with Gasteiger partial charge in [-0.3, -0.25) is 9.24 Å². The molecule has 2 atom stereocenters. The first-order valence-corrected chi connectivity index (χ1v) is 9.29. The lowest BCUT2D eigenvalue weighted by Crippen LogP contribution is -2.37. The van der Waals surface area contributed by atoms with Crippen LogP contribution in [0.25, 0.3) is 0 Å². The number of hydrogen-bond acceptors (Lipinski definition) is 1. The summed E-state index contributed by atoms with van der Waals surface area (Å²) in [5.74, 6) is 0.420. The number of nitrogens with zero attached hydrogens (tertiary/aromatic N) is 2. The van der Waals surface area contributed by atoms with Crippen LogP contribution in [0.2, 0.25) is 0 Å². The Morgan fingerprint density at radius 1 is 1.21 bits per heavy atom. The quantitative estimate of drug-likeness (QED) is 0.763. The zero-order valence-corrected chi connectivity index (χ0v) is 13.6. The van der Waals surface area contributed by atoms with Crippen LogP contribution in [-0.4, -0.2) is 23.3 Å². The van der Waals surface area contributed by atoms with Gasteiger partial charge in [0.05, 0.1) is 0 Å². The Morgan fingerprint density at radius 3 is 2.21 bits per heavy atom. The van der Waals surface area contributed by atoms with Gasteiger partial charge in [0.1, 0.15) is 0 Å². The predicted octanol–water partition coefficient (Wildman–Crippen LogP) is 4.59. The Hall–Kier alpha value is -0.500. The molecule has 0 amide bonds. The van der Waals surface area contributed by atoms with E-state index in [1.54, 1.807) is 0 Å². The topological polar surface area (TPSA) is 23.6 Å². The molecule has 0 unspecified atom stereocenters. The smallest absolute Gasteiger partial charge is 0.298 e. The van der Waals surface area contributed by atoms with Crippen molar-refractivity contribution in [3.05, 3.63) is 30.3 Å². The highest BCUT2D eigenvalue weighted by Crippen LogP contribution is 2.66. The maximum Gasteiger partial charge on any atom is 0.329 e. The fraction of sp³-hybridized carbons (Fsp3) is 0.571.